The number of ether oxygens (including phenoxy) is 2. The molecule has 0 aliphatic rings. The molecule has 0 spiro atoms. The summed E-state index contributed by atoms with van der Waals surface area (Å²) in [6, 6.07) is 0. The molecule has 96 valence electrons. The molecule has 0 aromatic heterocycles. The van der Waals surface area contributed by atoms with E-state index in [9.17, 15) is 9.59 Å². The molecular formula is C13H20O4. The predicted molar refractivity (Wildman–Crippen MR) is 64.0 cm³/mol. The SMILES string of the molecule is C#CCC(C)CC(C(=O)OCC)C(=O)OCC. The average molecular weight is 240 g/mol. The van der Waals surface area contributed by atoms with Crippen LogP contribution >= 0.6 is 0 Å². The Bertz CT molecular complexity index is 272. The molecule has 0 aromatic carbocycles. The number of rotatable bonds is 7. The zero-order valence-electron chi connectivity index (χ0n) is 10.7. The molecule has 0 heterocycles. The molecule has 0 aromatic rings. The van der Waals surface area contributed by atoms with Crippen LogP contribution in [0.2, 0.25) is 0 Å². The lowest BCUT2D eigenvalue weighted by molar-refractivity contribution is -0.162. The van der Waals surface area contributed by atoms with Gasteiger partial charge in [-0.1, -0.05) is 6.92 Å². The molecule has 4 heteroatoms. The van der Waals surface area contributed by atoms with Crippen LogP contribution in [-0.2, 0) is 19.1 Å². The van der Waals surface area contributed by atoms with Gasteiger partial charge in [0.25, 0.3) is 0 Å². The highest BCUT2D eigenvalue weighted by molar-refractivity contribution is 5.94. The van der Waals surface area contributed by atoms with Gasteiger partial charge in [0, 0.05) is 6.42 Å². The third-order valence-corrected chi connectivity index (χ3v) is 2.25. The fourth-order valence-electron chi connectivity index (χ4n) is 1.46. The smallest absolute Gasteiger partial charge is 0.320 e. The van der Waals surface area contributed by atoms with Gasteiger partial charge in [-0.05, 0) is 26.2 Å². The maximum Gasteiger partial charge on any atom is 0.320 e. The molecule has 0 fully saturated rings. The first kappa shape index (κ1) is 15.5. The Kier molecular flexibility index (Phi) is 7.87. The Balaban J connectivity index is 4.56. The van der Waals surface area contributed by atoms with Crippen LogP contribution in [0.5, 0.6) is 0 Å². The summed E-state index contributed by atoms with van der Waals surface area (Å²) in [6.07, 6.45) is 6.08. The van der Waals surface area contributed by atoms with E-state index in [1.54, 1.807) is 13.8 Å². The third-order valence-electron chi connectivity index (χ3n) is 2.25. The van der Waals surface area contributed by atoms with E-state index < -0.39 is 17.9 Å². The second kappa shape index (κ2) is 8.63. The van der Waals surface area contributed by atoms with Crippen LogP contribution in [0.4, 0.5) is 0 Å². The van der Waals surface area contributed by atoms with Crippen LogP contribution < -0.4 is 0 Å². The van der Waals surface area contributed by atoms with E-state index >= 15 is 0 Å². The lowest BCUT2D eigenvalue weighted by Gasteiger charge is -2.17. The maximum atomic E-state index is 11.6. The van der Waals surface area contributed by atoms with E-state index in [1.807, 2.05) is 6.92 Å². The van der Waals surface area contributed by atoms with Gasteiger partial charge >= 0.3 is 11.9 Å². The molecule has 0 aliphatic carbocycles. The summed E-state index contributed by atoms with van der Waals surface area (Å²) in [5.74, 6) is 0.665. The lowest BCUT2D eigenvalue weighted by Crippen LogP contribution is -2.29. The van der Waals surface area contributed by atoms with Crippen LogP contribution in [-0.4, -0.2) is 25.2 Å². The number of terminal acetylenes is 1. The molecule has 17 heavy (non-hydrogen) atoms. The van der Waals surface area contributed by atoms with Crippen molar-refractivity contribution in [3.05, 3.63) is 0 Å². The normalized spacial score (nSPS) is 11.7. The van der Waals surface area contributed by atoms with E-state index in [2.05, 4.69) is 5.92 Å². The molecule has 1 atom stereocenters. The minimum absolute atomic E-state index is 0.0822. The molecule has 0 radical (unpaired) electrons. The summed E-state index contributed by atoms with van der Waals surface area (Å²) in [5.41, 5.74) is 0. The first-order chi connectivity index (χ1) is 8.06. The fraction of sp³-hybridized carbons (Fsp3) is 0.692. The van der Waals surface area contributed by atoms with E-state index in [-0.39, 0.29) is 19.1 Å². The summed E-state index contributed by atoms with van der Waals surface area (Å²) in [7, 11) is 0. The molecule has 4 nitrogen and oxygen atoms in total. The molecule has 0 saturated heterocycles. The molecule has 0 amide bonds. The first-order valence-electron chi connectivity index (χ1n) is 5.83. The molecule has 0 saturated carbocycles. The third kappa shape index (κ3) is 5.96. The number of hydrogen-bond acceptors (Lipinski definition) is 4. The van der Waals surface area contributed by atoms with E-state index in [0.717, 1.165) is 0 Å². The van der Waals surface area contributed by atoms with Crippen LogP contribution in [0.1, 0.15) is 33.6 Å². The highest BCUT2D eigenvalue weighted by Crippen LogP contribution is 2.18. The number of carbonyl (C=O) groups excluding carboxylic acids is 2. The highest BCUT2D eigenvalue weighted by atomic mass is 16.6. The first-order valence-corrected chi connectivity index (χ1v) is 5.83. The van der Waals surface area contributed by atoms with E-state index in [4.69, 9.17) is 15.9 Å². The summed E-state index contributed by atoms with van der Waals surface area (Å²) in [5, 5.41) is 0. The van der Waals surface area contributed by atoms with Crippen molar-refractivity contribution in [2.75, 3.05) is 13.2 Å². The largest absolute Gasteiger partial charge is 0.465 e. The van der Waals surface area contributed by atoms with Gasteiger partial charge in [-0.2, -0.15) is 0 Å². The molecule has 0 rings (SSSR count). The Labute approximate surface area is 103 Å². The van der Waals surface area contributed by atoms with Gasteiger partial charge in [0.1, 0.15) is 0 Å². The summed E-state index contributed by atoms with van der Waals surface area (Å²) in [6.45, 7) is 5.79. The summed E-state index contributed by atoms with van der Waals surface area (Å²) < 4.78 is 9.72. The minimum Gasteiger partial charge on any atom is -0.465 e. The van der Waals surface area contributed by atoms with Crippen molar-refractivity contribution in [2.24, 2.45) is 11.8 Å². The molecule has 1 unspecified atom stereocenters. The van der Waals surface area contributed by atoms with Gasteiger partial charge in [-0.25, -0.2) is 0 Å². The lowest BCUT2D eigenvalue weighted by atomic mass is 9.93. The van der Waals surface area contributed by atoms with Crippen molar-refractivity contribution in [1.29, 1.82) is 0 Å². The van der Waals surface area contributed by atoms with Crippen molar-refractivity contribution in [3.8, 4) is 12.3 Å². The minimum atomic E-state index is -0.863. The Morgan fingerprint density at radius 1 is 1.18 bits per heavy atom. The van der Waals surface area contributed by atoms with Gasteiger partial charge in [0.05, 0.1) is 13.2 Å². The van der Waals surface area contributed by atoms with Crippen molar-refractivity contribution in [3.63, 3.8) is 0 Å². The number of esters is 2. The number of hydrogen-bond donors (Lipinski definition) is 0. The zero-order chi connectivity index (χ0) is 13.3. The quantitative estimate of drug-likeness (QED) is 0.386. The Morgan fingerprint density at radius 2 is 1.65 bits per heavy atom. The standard InChI is InChI=1S/C13H20O4/c1-5-8-10(4)9-11(12(14)16-6-2)13(15)17-7-3/h1,10-11H,6-9H2,2-4H3. The topological polar surface area (TPSA) is 52.6 Å². The molecule has 0 N–H and O–H groups in total. The van der Waals surface area contributed by atoms with Crippen molar-refractivity contribution in [2.45, 2.75) is 33.6 Å². The van der Waals surface area contributed by atoms with Crippen LogP contribution in [0.25, 0.3) is 0 Å². The average Bonchev–Trinajstić information content (AvgIpc) is 2.26. The molecule has 0 aliphatic heterocycles. The van der Waals surface area contributed by atoms with Gasteiger partial charge in [-0.15, -0.1) is 12.3 Å². The van der Waals surface area contributed by atoms with E-state index in [1.165, 1.54) is 0 Å². The van der Waals surface area contributed by atoms with Crippen LogP contribution in [0.3, 0.4) is 0 Å². The molecular weight excluding hydrogens is 220 g/mol. The van der Waals surface area contributed by atoms with Gasteiger partial charge in [0.15, 0.2) is 5.92 Å². The Morgan fingerprint density at radius 3 is 2.00 bits per heavy atom. The second-order valence-corrected chi connectivity index (χ2v) is 3.81. The van der Waals surface area contributed by atoms with Crippen molar-refractivity contribution in [1.82, 2.24) is 0 Å². The van der Waals surface area contributed by atoms with E-state index in [0.29, 0.717) is 12.8 Å². The zero-order valence-corrected chi connectivity index (χ0v) is 10.7. The monoisotopic (exact) mass is 240 g/mol. The van der Waals surface area contributed by atoms with Crippen LogP contribution in [0.15, 0.2) is 0 Å². The highest BCUT2D eigenvalue weighted by Gasteiger charge is 2.30. The van der Waals surface area contributed by atoms with Crippen molar-refractivity contribution >= 4 is 11.9 Å². The predicted octanol–water partition coefficient (Wildman–Crippen LogP) is 1.78. The summed E-state index contributed by atoms with van der Waals surface area (Å²) >= 11 is 0. The Hall–Kier alpha value is -1.50. The fourth-order valence-corrected chi connectivity index (χ4v) is 1.46. The van der Waals surface area contributed by atoms with Gasteiger partial charge in [0.2, 0.25) is 0 Å². The van der Waals surface area contributed by atoms with Gasteiger partial charge < -0.3 is 9.47 Å². The number of carbonyl (C=O) groups is 2. The summed E-state index contributed by atoms with van der Waals surface area (Å²) in [4.78, 5) is 23.2. The van der Waals surface area contributed by atoms with Gasteiger partial charge in [-0.3, -0.25) is 9.59 Å². The van der Waals surface area contributed by atoms with Crippen LogP contribution in [0, 0.1) is 24.2 Å². The molecule has 0 bridgehead atoms. The maximum absolute atomic E-state index is 11.6. The second-order valence-electron chi connectivity index (χ2n) is 3.81. The van der Waals surface area contributed by atoms with Crippen molar-refractivity contribution < 1.29 is 19.1 Å².